The summed E-state index contributed by atoms with van der Waals surface area (Å²) in [5.41, 5.74) is 5.85. The third-order valence-corrected chi connectivity index (χ3v) is 4.45. The highest BCUT2D eigenvalue weighted by atomic mass is 14.8. The number of aliphatic imine (C=N–C) groups is 1. The molecule has 0 spiro atoms. The predicted octanol–water partition coefficient (Wildman–Crippen LogP) is 5.44. The Balaban J connectivity index is 1.98. The number of hydrogen-bond acceptors (Lipinski definition) is 2. The Kier molecular flexibility index (Phi) is 4.09. The minimum atomic E-state index is -0.115. The van der Waals surface area contributed by atoms with Crippen molar-refractivity contribution in [2.24, 2.45) is 4.99 Å². The third kappa shape index (κ3) is 2.94. The molecule has 1 unspecified atom stereocenters. The molecule has 4 rings (SSSR count). The average Bonchev–Trinajstić information content (AvgIpc) is 2.70. The predicted molar refractivity (Wildman–Crippen MR) is 105 cm³/mol. The van der Waals surface area contributed by atoms with Gasteiger partial charge in [-0.3, -0.25) is 4.99 Å². The molecular formula is C23H18N2. The second kappa shape index (κ2) is 6.70. The molecule has 2 heteroatoms. The molecule has 0 saturated carbocycles. The van der Waals surface area contributed by atoms with E-state index < -0.39 is 0 Å². The van der Waals surface area contributed by atoms with Crippen molar-refractivity contribution in [1.29, 1.82) is 5.41 Å². The van der Waals surface area contributed by atoms with Crippen molar-refractivity contribution in [3.05, 3.63) is 108 Å². The molecule has 3 aromatic carbocycles. The van der Waals surface area contributed by atoms with Crippen molar-refractivity contribution in [2.45, 2.75) is 5.92 Å². The first kappa shape index (κ1) is 15.3. The zero-order chi connectivity index (χ0) is 17.1. The smallest absolute Gasteiger partial charge is 0.0750 e. The molecule has 1 aliphatic rings. The van der Waals surface area contributed by atoms with Gasteiger partial charge in [0.25, 0.3) is 0 Å². The van der Waals surface area contributed by atoms with Crippen LogP contribution in [0.25, 0.3) is 11.3 Å². The molecule has 0 aliphatic carbocycles. The van der Waals surface area contributed by atoms with E-state index in [1.807, 2.05) is 54.6 Å². The summed E-state index contributed by atoms with van der Waals surface area (Å²) in [6.07, 6.45) is 1.69. The summed E-state index contributed by atoms with van der Waals surface area (Å²) in [7, 11) is 0. The lowest BCUT2D eigenvalue weighted by Gasteiger charge is -2.26. The summed E-state index contributed by atoms with van der Waals surface area (Å²) in [5.74, 6) is -0.115. The summed E-state index contributed by atoms with van der Waals surface area (Å²) in [4.78, 5) is 4.64. The van der Waals surface area contributed by atoms with Gasteiger partial charge in [0.05, 0.1) is 17.3 Å². The van der Waals surface area contributed by atoms with Gasteiger partial charge in [-0.05, 0) is 16.7 Å². The van der Waals surface area contributed by atoms with Gasteiger partial charge in [0.1, 0.15) is 0 Å². The van der Waals surface area contributed by atoms with Crippen LogP contribution in [0, 0.1) is 5.41 Å². The van der Waals surface area contributed by atoms with Gasteiger partial charge in [-0.1, -0.05) is 91.0 Å². The highest BCUT2D eigenvalue weighted by molar-refractivity contribution is 6.38. The Labute approximate surface area is 147 Å². The van der Waals surface area contributed by atoms with Crippen molar-refractivity contribution in [3.63, 3.8) is 0 Å². The van der Waals surface area contributed by atoms with Crippen LogP contribution in [0.1, 0.15) is 22.6 Å². The van der Waals surface area contributed by atoms with E-state index in [-0.39, 0.29) is 5.92 Å². The molecule has 1 N–H and O–H groups in total. The zero-order valence-corrected chi connectivity index (χ0v) is 13.8. The Hall–Kier alpha value is -3.26. The molecule has 0 fully saturated rings. The van der Waals surface area contributed by atoms with Crippen LogP contribution in [0.3, 0.4) is 0 Å². The first-order valence-corrected chi connectivity index (χ1v) is 8.37. The summed E-state index contributed by atoms with van der Waals surface area (Å²) < 4.78 is 0. The lowest BCUT2D eigenvalue weighted by Crippen LogP contribution is -2.19. The zero-order valence-electron chi connectivity index (χ0n) is 13.8. The molecule has 0 radical (unpaired) electrons. The van der Waals surface area contributed by atoms with Crippen LogP contribution in [0.2, 0.25) is 0 Å². The van der Waals surface area contributed by atoms with Gasteiger partial charge in [-0.2, -0.15) is 0 Å². The summed E-state index contributed by atoms with van der Waals surface area (Å²) in [6.45, 7) is 0. The lowest BCUT2D eigenvalue weighted by molar-refractivity contribution is 1.14. The second-order valence-electron chi connectivity index (χ2n) is 6.05. The minimum Gasteiger partial charge on any atom is -0.303 e. The first-order chi connectivity index (χ1) is 12.3. The SMILES string of the molecule is N=C1C=NC(c2ccccc2)=C(c2ccccc2)C1c1ccccc1. The summed E-state index contributed by atoms with van der Waals surface area (Å²) >= 11 is 0. The average molecular weight is 322 g/mol. The normalized spacial score (nSPS) is 17.0. The number of allylic oxidation sites excluding steroid dienone is 1. The van der Waals surface area contributed by atoms with E-state index in [2.05, 4.69) is 41.4 Å². The maximum absolute atomic E-state index is 8.53. The number of hydrogen-bond donors (Lipinski definition) is 1. The van der Waals surface area contributed by atoms with E-state index in [0.29, 0.717) is 5.71 Å². The van der Waals surface area contributed by atoms with E-state index in [9.17, 15) is 0 Å². The Bertz CT molecular complexity index is 939. The van der Waals surface area contributed by atoms with Crippen LogP contribution in [0.4, 0.5) is 0 Å². The third-order valence-electron chi connectivity index (χ3n) is 4.45. The molecule has 0 amide bonds. The number of nitrogens with zero attached hydrogens (tertiary/aromatic N) is 1. The monoisotopic (exact) mass is 322 g/mol. The molecule has 2 nitrogen and oxygen atoms in total. The topological polar surface area (TPSA) is 36.2 Å². The highest BCUT2D eigenvalue weighted by Gasteiger charge is 2.28. The van der Waals surface area contributed by atoms with Crippen molar-refractivity contribution < 1.29 is 0 Å². The molecule has 3 aromatic rings. The molecule has 1 atom stereocenters. The standard InChI is InChI=1S/C23H18N2/c24-20-16-25-23(19-14-8-3-9-15-19)22(18-12-6-2-7-13-18)21(20)17-10-4-1-5-11-17/h1-16,21,24H. The van der Waals surface area contributed by atoms with Crippen LogP contribution >= 0.6 is 0 Å². The van der Waals surface area contributed by atoms with Crippen molar-refractivity contribution in [1.82, 2.24) is 0 Å². The minimum absolute atomic E-state index is 0.115. The number of rotatable bonds is 3. The van der Waals surface area contributed by atoms with Gasteiger partial charge in [0, 0.05) is 11.8 Å². The Morgan fingerprint density at radius 1 is 0.640 bits per heavy atom. The van der Waals surface area contributed by atoms with Gasteiger partial charge in [0.2, 0.25) is 0 Å². The van der Waals surface area contributed by atoms with Gasteiger partial charge < -0.3 is 5.41 Å². The molecule has 0 bridgehead atoms. The molecule has 120 valence electrons. The lowest BCUT2D eigenvalue weighted by atomic mass is 9.80. The first-order valence-electron chi connectivity index (χ1n) is 8.37. The van der Waals surface area contributed by atoms with E-state index >= 15 is 0 Å². The van der Waals surface area contributed by atoms with Crippen LogP contribution in [0.5, 0.6) is 0 Å². The number of benzene rings is 3. The van der Waals surface area contributed by atoms with E-state index in [4.69, 9.17) is 5.41 Å². The molecule has 1 aliphatic heterocycles. The maximum Gasteiger partial charge on any atom is 0.0750 e. The fourth-order valence-electron chi connectivity index (χ4n) is 3.31. The van der Waals surface area contributed by atoms with E-state index in [0.717, 1.165) is 28.0 Å². The van der Waals surface area contributed by atoms with Gasteiger partial charge in [0.15, 0.2) is 0 Å². The van der Waals surface area contributed by atoms with Crippen molar-refractivity contribution >= 4 is 23.2 Å². The van der Waals surface area contributed by atoms with Crippen molar-refractivity contribution in [3.8, 4) is 0 Å². The number of nitrogens with one attached hydrogen (secondary N) is 1. The fraction of sp³-hybridized carbons (Fsp3) is 0.0435. The second-order valence-corrected chi connectivity index (χ2v) is 6.05. The molecule has 1 heterocycles. The maximum atomic E-state index is 8.53. The fourth-order valence-corrected chi connectivity index (χ4v) is 3.31. The summed E-state index contributed by atoms with van der Waals surface area (Å²) in [5, 5.41) is 8.53. The van der Waals surface area contributed by atoms with E-state index in [1.54, 1.807) is 6.21 Å². The van der Waals surface area contributed by atoms with Crippen LogP contribution in [-0.4, -0.2) is 11.9 Å². The van der Waals surface area contributed by atoms with Gasteiger partial charge >= 0.3 is 0 Å². The van der Waals surface area contributed by atoms with E-state index in [1.165, 1.54) is 0 Å². The van der Waals surface area contributed by atoms with Crippen molar-refractivity contribution in [2.75, 3.05) is 0 Å². The van der Waals surface area contributed by atoms with Gasteiger partial charge in [-0.25, -0.2) is 0 Å². The van der Waals surface area contributed by atoms with Crippen LogP contribution in [-0.2, 0) is 0 Å². The molecule has 0 saturated heterocycles. The largest absolute Gasteiger partial charge is 0.303 e. The Morgan fingerprint density at radius 3 is 1.76 bits per heavy atom. The highest BCUT2D eigenvalue weighted by Crippen LogP contribution is 2.41. The molecule has 25 heavy (non-hydrogen) atoms. The molecule has 0 aromatic heterocycles. The van der Waals surface area contributed by atoms with Crippen LogP contribution in [0.15, 0.2) is 96.0 Å². The Morgan fingerprint density at radius 2 is 1.16 bits per heavy atom. The summed E-state index contributed by atoms with van der Waals surface area (Å²) in [6, 6.07) is 30.7. The molecular weight excluding hydrogens is 304 g/mol. The quantitative estimate of drug-likeness (QED) is 0.666. The van der Waals surface area contributed by atoms with Gasteiger partial charge in [-0.15, -0.1) is 0 Å². The van der Waals surface area contributed by atoms with Crippen LogP contribution < -0.4 is 0 Å².